The Labute approximate surface area is 179 Å². The molecule has 160 valence electrons. The van der Waals surface area contributed by atoms with Crippen LogP contribution in [-0.4, -0.2) is 38.8 Å². The fourth-order valence-electron chi connectivity index (χ4n) is 3.59. The second-order valence-electron chi connectivity index (χ2n) is 7.45. The lowest BCUT2D eigenvalue weighted by Gasteiger charge is -2.20. The van der Waals surface area contributed by atoms with Crippen LogP contribution in [0.1, 0.15) is 41.9 Å². The first-order valence-corrected chi connectivity index (χ1v) is 10.0. The maximum Gasteiger partial charge on any atom is 0.268 e. The Bertz CT molecular complexity index is 1190. The second kappa shape index (κ2) is 8.61. The second-order valence-corrected chi connectivity index (χ2v) is 7.45. The van der Waals surface area contributed by atoms with Gasteiger partial charge >= 0.3 is 0 Å². The summed E-state index contributed by atoms with van der Waals surface area (Å²) in [5, 5.41) is 9.85. The van der Waals surface area contributed by atoms with E-state index in [2.05, 4.69) is 4.98 Å². The van der Waals surface area contributed by atoms with Gasteiger partial charge in [-0.25, -0.2) is 9.97 Å². The molecule has 0 saturated heterocycles. The Balaban J connectivity index is 1.77. The van der Waals surface area contributed by atoms with Crippen molar-refractivity contribution >= 4 is 17.0 Å². The van der Waals surface area contributed by atoms with Crippen molar-refractivity contribution in [1.29, 1.82) is 0 Å². The molecule has 4 rings (SSSR count). The molecule has 2 aromatic heterocycles. The number of primary amides is 1. The van der Waals surface area contributed by atoms with Gasteiger partial charge in [0.25, 0.3) is 5.91 Å². The van der Waals surface area contributed by atoms with E-state index in [9.17, 15) is 9.90 Å². The van der Waals surface area contributed by atoms with E-state index in [4.69, 9.17) is 19.9 Å². The number of aliphatic hydroxyl groups excluding tert-OH is 1. The van der Waals surface area contributed by atoms with Gasteiger partial charge in [-0.2, -0.15) is 0 Å². The molecule has 0 spiro atoms. The molecule has 2 atom stereocenters. The highest BCUT2D eigenvalue weighted by Crippen LogP contribution is 2.33. The SMILES string of the molecule is COc1ccc(-c2nc3c(C(CC[C@H](C)O)n4cnc(C(N)=O)c4)cccc3o2)cc1. The van der Waals surface area contributed by atoms with Gasteiger partial charge in [0, 0.05) is 17.3 Å². The maximum atomic E-state index is 11.5. The third-order valence-electron chi connectivity index (χ3n) is 5.22. The van der Waals surface area contributed by atoms with Crippen LogP contribution < -0.4 is 10.5 Å². The normalized spacial score (nSPS) is 13.3. The van der Waals surface area contributed by atoms with Crippen LogP contribution >= 0.6 is 0 Å². The number of oxazole rings is 1. The van der Waals surface area contributed by atoms with Crippen LogP contribution in [0, 0.1) is 0 Å². The number of aromatic nitrogens is 3. The molecule has 0 aliphatic heterocycles. The Morgan fingerprint density at radius 2 is 2.00 bits per heavy atom. The van der Waals surface area contributed by atoms with Crippen molar-refractivity contribution in [3.8, 4) is 17.2 Å². The van der Waals surface area contributed by atoms with E-state index in [0.717, 1.165) is 22.4 Å². The summed E-state index contributed by atoms with van der Waals surface area (Å²) in [5.74, 6) is 0.668. The number of carbonyl (C=O) groups excluding carboxylic acids is 1. The summed E-state index contributed by atoms with van der Waals surface area (Å²) in [4.78, 5) is 20.4. The summed E-state index contributed by atoms with van der Waals surface area (Å²) in [6.07, 6.45) is 3.92. The smallest absolute Gasteiger partial charge is 0.268 e. The predicted octanol–water partition coefficient (Wildman–Crippen LogP) is 3.55. The molecular formula is C23H24N4O4. The zero-order valence-corrected chi connectivity index (χ0v) is 17.4. The number of imidazole rings is 1. The van der Waals surface area contributed by atoms with Crippen molar-refractivity contribution in [2.45, 2.75) is 31.9 Å². The van der Waals surface area contributed by atoms with Crippen LogP contribution in [0.2, 0.25) is 0 Å². The number of ether oxygens (including phenoxy) is 1. The van der Waals surface area contributed by atoms with E-state index in [-0.39, 0.29) is 11.7 Å². The number of fused-ring (bicyclic) bond motifs is 1. The van der Waals surface area contributed by atoms with Crippen LogP contribution in [0.3, 0.4) is 0 Å². The van der Waals surface area contributed by atoms with E-state index in [1.807, 2.05) is 47.0 Å². The number of nitrogens with two attached hydrogens (primary N) is 1. The van der Waals surface area contributed by atoms with Crippen LogP contribution in [-0.2, 0) is 0 Å². The topological polar surface area (TPSA) is 116 Å². The largest absolute Gasteiger partial charge is 0.497 e. The zero-order chi connectivity index (χ0) is 22.0. The summed E-state index contributed by atoms with van der Waals surface area (Å²) in [6.45, 7) is 1.75. The van der Waals surface area contributed by atoms with Crippen molar-refractivity contribution in [2.24, 2.45) is 5.73 Å². The number of rotatable bonds is 8. The van der Waals surface area contributed by atoms with Crippen molar-refractivity contribution in [1.82, 2.24) is 14.5 Å². The van der Waals surface area contributed by atoms with Gasteiger partial charge in [-0.1, -0.05) is 12.1 Å². The quantitative estimate of drug-likeness (QED) is 0.450. The molecule has 0 aliphatic rings. The Kier molecular flexibility index (Phi) is 5.73. The van der Waals surface area contributed by atoms with E-state index < -0.39 is 12.0 Å². The van der Waals surface area contributed by atoms with Gasteiger partial charge in [-0.05, 0) is 50.1 Å². The highest BCUT2D eigenvalue weighted by molar-refractivity contribution is 5.90. The summed E-state index contributed by atoms with van der Waals surface area (Å²) in [5.41, 5.74) is 8.69. The Morgan fingerprint density at radius 3 is 2.65 bits per heavy atom. The molecule has 2 aromatic carbocycles. The summed E-state index contributed by atoms with van der Waals surface area (Å²) in [6, 6.07) is 13.0. The van der Waals surface area contributed by atoms with Crippen molar-refractivity contribution < 1.29 is 19.1 Å². The minimum atomic E-state index is -0.588. The average molecular weight is 420 g/mol. The molecule has 8 nitrogen and oxygen atoms in total. The van der Waals surface area contributed by atoms with E-state index in [1.54, 1.807) is 26.6 Å². The minimum absolute atomic E-state index is 0.188. The number of aliphatic hydroxyl groups is 1. The van der Waals surface area contributed by atoms with Gasteiger partial charge in [0.15, 0.2) is 5.58 Å². The molecule has 0 aliphatic carbocycles. The number of hydrogen-bond donors (Lipinski definition) is 2. The molecule has 31 heavy (non-hydrogen) atoms. The van der Waals surface area contributed by atoms with Gasteiger partial charge < -0.3 is 24.6 Å². The first kappa shape index (κ1) is 20.6. The highest BCUT2D eigenvalue weighted by Gasteiger charge is 2.22. The molecule has 8 heteroatoms. The van der Waals surface area contributed by atoms with Crippen LogP contribution in [0.15, 0.2) is 59.4 Å². The monoisotopic (exact) mass is 420 g/mol. The van der Waals surface area contributed by atoms with Crippen LogP contribution in [0.25, 0.3) is 22.6 Å². The minimum Gasteiger partial charge on any atom is -0.497 e. The fraction of sp³-hybridized carbons (Fsp3) is 0.261. The zero-order valence-electron chi connectivity index (χ0n) is 17.4. The maximum absolute atomic E-state index is 11.5. The molecule has 1 amide bonds. The van der Waals surface area contributed by atoms with Crippen LogP contribution in [0.4, 0.5) is 0 Å². The number of nitrogens with zero attached hydrogens (tertiary/aromatic N) is 3. The van der Waals surface area contributed by atoms with Gasteiger partial charge in [0.2, 0.25) is 5.89 Å². The Hall–Kier alpha value is -3.65. The summed E-state index contributed by atoms with van der Waals surface area (Å²) < 4.78 is 13.1. The highest BCUT2D eigenvalue weighted by atomic mass is 16.5. The number of carbonyl (C=O) groups is 1. The average Bonchev–Trinajstić information content (AvgIpc) is 3.42. The molecule has 0 bridgehead atoms. The van der Waals surface area contributed by atoms with Crippen LogP contribution in [0.5, 0.6) is 5.75 Å². The lowest BCUT2D eigenvalue weighted by molar-refractivity contribution is 0.0996. The third-order valence-corrected chi connectivity index (χ3v) is 5.22. The predicted molar refractivity (Wildman–Crippen MR) is 116 cm³/mol. The molecule has 0 radical (unpaired) electrons. The summed E-state index contributed by atoms with van der Waals surface area (Å²) >= 11 is 0. The molecule has 1 unspecified atom stereocenters. The molecular weight excluding hydrogens is 396 g/mol. The van der Waals surface area contributed by atoms with Gasteiger partial charge in [0.1, 0.15) is 17.0 Å². The van der Waals surface area contributed by atoms with Crippen molar-refractivity contribution in [3.63, 3.8) is 0 Å². The number of benzene rings is 2. The molecule has 3 N–H and O–H groups in total. The molecule has 0 saturated carbocycles. The first-order valence-electron chi connectivity index (χ1n) is 10.0. The Morgan fingerprint density at radius 1 is 1.23 bits per heavy atom. The number of para-hydroxylation sites is 1. The number of methoxy groups -OCH3 is 1. The van der Waals surface area contributed by atoms with Gasteiger partial charge in [0.05, 0.1) is 25.6 Å². The van der Waals surface area contributed by atoms with Gasteiger partial charge in [-0.3, -0.25) is 4.79 Å². The standard InChI is InChI=1S/C23H24N4O4/c1-14(28)6-11-19(27-12-18(22(24)29)25-13-27)17-4-3-5-20-21(17)26-23(31-20)15-7-9-16(30-2)10-8-15/h3-5,7-10,12-14,19,28H,6,11H2,1-2H3,(H2,24,29)/t14-,19?/m0/s1. The van der Waals surface area contributed by atoms with Crippen molar-refractivity contribution in [3.05, 3.63) is 66.2 Å². The number of amides is 1. The molecule has 0 fully saturated rings. The van der Waals surface area contributed by atoms with Crippen molar-refractivity contribution in [2.75, 3.05) is 7.11 Å². The van der Waals surface area contributed by atoms with Gasteiger partial charge in [-0.15, -0.1) is 0 Å². The van der Waals surface area contributed by atoms with E-state index in [0.29, 0.717) is 24.3 Å². The first-order chi connectivity index (χ1) is 15.0. The fourth-order valence-corrected chi connectivity index (χ4v) is 3.59. The molecule has 2 heterocycles. The molecule has 4 aromatic rings. The lowest BCUT2D eigenvalue weighted by atomic mass is 9.99. The van der Waals surface area contributed by atoms with E-state index >= 15 is 0 Å². The third kappa shape index (κ3) is 4.29. The summed E-state index contributed by atoms with van der Waals surface area (Å²) in [7, 11) is 1.62. The number of hydrogen-bond acceptors (Lipinski definition) is 6. The lowest BCUT2D eigenvalue weighted by Crippen LogP contribution is -2.14. The van der Waals surface area contributed by atoms with E-state index in [1.165, 1.54) is 0 Å².